The molecule has 1 aromatic carbocycles. The first kappa shape index (κ1) is 19.9. The molecule has 0 aliphatic carbocycles. The van der Waals surface area contributed by atoms with Crippen LogP contribution in [0.5, 0.6) is 11.5 Å². The summed E-state index contributed by atoms with van der Waals surface area (Å²) in [5.74, 6) is -3.21. The molecular formula is C16H20BN2O9-. The number of hydrogen-bond donors (Lipinski definition) is 5. The average molecular weight is 395 g/mol. The van der Waals surface area contributed by atoms with Gasteiger partial charge in [0.25, 0.3) is 0 Å². The third-order valence-corrected chi connectivity index (χ3v) is 4.72. The molecule has 0 spiro atoms. The van der Waals surface area contributed by atoms with Crippen LogP contribution >= 0.6 is 0 Å². The molecule has 1 saturated heterocycles. The molecule has 1 aromatic rings. The van der Waals surface area contributed by atoms with E-state index < -0.39 is 36.7 Å². The van der Waals surface area contributed by atoms with E-state index in [1.165, 1.54) is 11.0 Å². The maximum Gasteiger partial charge on any atom is 0.430 e. The van der Waals surface area contributed by atoms with Gasteiger partial charge in [-0.3, -0.25) is 9.59 Å². The van der Waals surface area contributed by atoms with E-state index in [-0.39, 0.29) is 49.3 Å². The van der Waals surface area contributed by atoms with E-state index in [0.717, 1.165) is 0 Å². The number of carboxylic acid groups (broad SMARTS) is 2. The van der Waals surface area contributed by atoms with Gasteiger partial charge in [0.15, 0.2) is 0 Å². The van der Waals surface area contributed by atoms with Gasteiger partial charge >= 0.3 is 18.7 Å². The molecule has 3 rings (SSSR count). The number of aryl methyl sites for hydroxylation is 1. The van der Waals surface area contributed by atoms with E-state index in [4.69, 9.17) is 20.2 Å². The molecule has 1 atom stereocenters. The largest absolute Gasteiger partial charge is 0.669 e. The molecule has 1 amide bonds. The summed E-state index contributed by atoms with van der Waals surface area (Å²) >= 11 is 0. The topological polar surface area (TPSA) is 180 Å². The van der Waals surface area contributed by atoms with Crippen molar-refractivity contribution in [1.29, 1.82) is 0 Å². The van der Waals surface area contributed by atoms with Crippen LogP contribution in [0.1, 0.15) is 22.3 Å². The van der Waals surface area contributed by atoms with Crippen molar-refractivity contribution in [3.8, 4) is 11.5 Å². The third-order valence-electron chi connectivity index (χ3n) is 4.72. The van der Waals surface area contributed by atoms with Gasteiger partial charge in [0.2, 0.25) is 5.91 Å². The maximum absolute atomic E-state index is 11.9. The lowest BCUT2D eigenvalue weighted by Crippen LogP contribution is -2.57. The lowest BCUT2D eigenvalue weighted by molar-refractivity contribution is -0.146. The number of nitrogens with two attached hydrogens (primary N) is 1. The van der Waals surface area contributed by atoms with Crippen molar-refractivity contribution in [2.24, 2.45) is 5.73 Å². The van der Waals surface area contributed by atoms with Crippen LogP contribution in [0.4, 0.5) is 0 Å². The predicted octanol–water partition coefficient (Wildman–Crippen LogP) is -1.37. The van der Waals surface area contributed by atoms with Gasteiger partial charge in [-0.05, 0) is 18.1 Å². The summed E-state index contributed by atoms with van der Waals surface area (Å²) in [4.78, 5) is 35.7. The van der Waals surface area contributed by atoms with Gasteiger partial charge in [-0.2, -0.15) is 0 Å². The number of aliphatic carboxylic acids is 1. The number of rotatable bonds is 6. The second-order valence-corrected chi connectivity index (χ2v) is 6.93. The van der Waals surface area contributed by atoms with Gasteiger partial charge in [-0.15, -0.1) is 0 Å². The number of aromatic carboxylic acids is 1. The number of carbonyl (C=O) groups is 3. The first-order valence-electron chi connectivity index (χ1n) is 8.68. The molecule has 0 unspecified atom stereocenters. The number of amides is 1. The molecule has 0 radical (unpaired) electrons. The Hall–Kier alpha value is -2.83. The molecule has 2 heterocycles. The Morgan fingerprint density at radius 1 is 1.29 bits per heavy atom. The number of fused-ring (bicyclic) bond motifs is 1. The van der Waals surface area contributed by atoms with Gasteiger partial charge in [0.1, 0.15) is 23.5 Å². The Labute approximate surface area is 159 Å². The van der Waals surface area contributed by atoms with Crippen LogP contribution in [0.25, 0.3) is 0 Å². The highest BCUT2D eigenvalue weighted by atomic mass is 16.6. The smallest absolute Gasteiger partial charge is 0.430 e. The van der Waals surface area contributed by atoms with Crippen molar-refractivity contribution in [3.05, 3.63) is 23.3 Å². The molecule has 11 nitrogen and oxygen atoms in total. The van der Waals surface area contributed by atoms with Crippen molar-refractivity contribution >= 4 is 24.6 Å². The molecule has 0 saturated carbocycles. The van der Waals surface area contributed by atoms with Gasteiger partial charge < -0.3 is 40.3 Å². The molecule has 2 aliphatic rings. The fourth-order valence-corrected chi connectivity index (χ4v) is 3.13. The zero-order valence-corrected chi connectivity index (χ0v) is 14.8. The standard InChI is InChI=1S/C16H20BN2O9/c18-10(15(21)22)5-12(20)19-6-9(7-19)27-11-2-1-8-3-4-17(25,26)28-14(8)13(11)16(23)24/h1-2,9-10,25-26H,3-7,18H2,(H,21,22)(H,23,24)/q-1/t10-/m1/s1. The molecule has 6 N–H and O–H groups in total. The van der Waals surface area contributed by atoms with E-state index in [1.807, 2.05) is 0 Å². The number of likely N-dealkylation sites (tertiary alicyclic amines) is 1. The fraction of sp³-hybridized carbons (Fsp3) is 0.438. The van der Waals surface area contributed by atoms with Crippen molar-refractivity contribution in [2.45, 2.75) is 31.3 Å². The van der Waals surface area contributed by atoms with Gasteiger partial charge in [-0.25, -0.2) is 4.79 Å². The Morgan fingerprint density at radius 2 is 1.96 bits per heavy atom. The van der Waals surface area contributed by atoms with Crippen LogP contribution in [-0.2, 0) is 16.0 Å². The number of hydrogen-bond acceptors (Lipinski definition) is 8. The van der Waals surface area contributed by atoms with E-state index in [2.05, 4.69) is 0 Å². The minimum absolute atomic E-state index is 0.0147. The second-order valence-electron chi connectivity index (χ2n) is 6.93. The van der Waals surface area contributed by atoms with Crippen molar-refractivity contribution in [2.75, 3.05) is 13.1 Å². The number of nitrogens with zero attached hydrogens (tertiary/aromatic N) is 1. The maximum atomic E-state index is 11.9. The molecule has 1 fully saturated rings. The summed E-state index contributed by atoms with van der Waals surface area (Å²) in [6.07, 6.45) is -0.627. The molecular weight excluding hydrogens is 375 g/mol. The van der Waals surface area contributed by atoms with Crippen LogP contribution in [0.2, 0.25) is 6.32 Å². The van der Waals surface area contributed by atoms with E-state index in [1.54, 1.807) is 6.07 Å². The quantitative estimate of drug-likeness (QED) is 0.361. The summed E-state index contributed by atoms with van der Waals surface area (Å²) in [5.41, 5.74) is 5.55. The third kappa shape index (κ3) is 4.03. The van der Waals surface area contributed by atoms with E-state index in [9.17, 15) is 29.5 Å². The highest BCUT2D eigenvalue weighted by Gasteiger charge is 2.36. The van der Waals surface area contributed by atoms with Crippen molar-refractivity contribution < 1.29 is 44.0 Å². The molecule has 28 heavy (non-hydrogen) atoms. The number of ether oxygens (including phenoxy) is 1. The summed E-state index contributed by atoms with van der Waals surface area (Å²) in [6.45, 7) is -2.84. The molecule has 0 aromatic heterocycles. The predicted molar refractivity (Wildman–Crippen MR) is 94.0 cm³/mol. The minimum atomic E-state index is -3.13. The van der Waals surface area contributed by atoms with Crippen molar-refractivity contribution in [3.63, 3.8) is 0 Å². The summed E-state index contributed by atoms with van der Waals surface area (Å²) in [6, 6.07) is 1.77. The zero-order chi connectivity index (χ0) is 20.6. The molecule has 152 valence electrons. The van der Waals surface area contributed by atoms with Gasteiger partial charge in [0.05, 0.1) is 25.3 Å². The van der Waals surface area contributed by atoms with E-state index in [0.29, 0.717) is 5.56 Å². The van der Waals surface area contributed by atoms with Crippen LogP contribution in [-0.4, -0.2) is 75.0 Å². The molecule has 0 bridgehead atoms. The normalized spacial score (nSPS) is 19.0. The zero-order valence-electron chi connectivity index (χ0n) is 14.8. The molecule has 12 heteroatoms. The summed E-state index contributed by atoms with van der Waals surface area (Å²) in [7, 11) is 0. The lowest BCUT2D eigenvalue weighted by Gasteiger charge is -2.40. The number of carbonyl (C=O) groups excluding carboxylic acids is 1. The fourth-order valence-electron chi connectivity index (χ4n) is 3.13. The van der Waals surface area contributed by atoms with Crippen LogP contribution in [0.3, 0.4) is 0 Å². The second kappa shape index (κ2) is 7.30. The number of carboxylic acids is 2. The summed E-state index contributed by atoms with van der Waals surface area (Å²) in [5, 5.41) is 37.7. The minimum Gasteiger partial charge on any atom is -0.669 e. The molecule has 2 aliphatic heterocycles. The first-order valence-corrected chi connectivity index (χ1v) is 8.68. The lowest BCUT2D eigenvalue weighted by atomic mass is 9.70. The Balaban J connectivity index is 1.69. The summed E-state index contributed by atoms with van der Waals surface area (Å²) < 4.78 is 10.7. The van der Waals surface area contributed by atoms with Gasteiger partial charge in [0, 0.05) is 0 Å². The van der Waals surface area contributed by atoms with Gasteiger partial charge in [-0.1, -0.05) is 12.4 Å². The highest BCUT2D eigenvalue weighted by molar-refractivity contribution is 6.59. The van der Waals surface area contributed by atoms with E-state index >= 15 is 0 Å². The van der Waals surface area contributed by atoms with Crippen LogP contribution < -0.4 is 15.1 Å². The first-order chi connectivity index (χ1) is 13.1. The van der Waals surface area contributed by atoms with Crippen LogP contribution in [0, 0.1) is 0 Å². The SMILES string of the molecule is N[C@H](CC(=O)N1CC(Oc2ccc3c(c2C(=O)O)O[B-](O)(O)CC3)C1)C(=O)O. The average Bonchev–Trinajstić information content (AvgIpc) is 2.55. The highest BCUT2D eigenvalue weighted by Crippen LogP contribution is 2.38. The number of benzene rings is 1. The monoisotopic (exact) mass is 395 g/mol. The van der Waals surface area contributed by atoms with Crippen LogP contribution in [0.15, 0.2) is 12.1 Å². The Kier molecular flexibility index (Phi) is 5.19. The van der Waals surface area contributed by atoms with Crippen molar-refractivity contribution in [1.82, 2.24) is 4.90 Å². The Morgan fingerprint density at radius 3 is 2.57 bits per heavy atom. The Bertz CT molecular complexity index is 823.